The van der Waals surface area contributed by atoms with E-state index < -0.39 is 6.09 Å². The number of carboxylic acid groups (broad SMARTS) is 1. The molecule has 27 heavy (non-hydrogen) atoms. The highest BCUT2D eigenvalue weighted by Crippen LogP contribution is 2.51. The minimum absolute atomic E-state index is 0.189. The number of fused-ring (bicyclic) bond motifs is 3. The monoisotopic (exact) mass is 403 g/mol. The summed E-state index contributed by atoms with van der Waals surface area (Å²) in [7, 11) is 0. The largest absolute Gasteiger partial charge is 0.465 e. The molecule has 5 rings (SSSR count). The van der Waals surface area contributed by atoms with Gasteiger partial charge in [-0.1, -0.05) is 29.3 Å². The number of rotatable bonds is 1. The molecule has 0 bridgehead atoms. The van der Waals surface area contributed by atoms with Gasteiger partial charge in [0.1, 0.15) is 0 Å². The Morgan fingerprint density at radius 2 is 2.04 bits per heavy atom. The Hall–Kier alpha value is -2.11. The van der Waals surface area contributed by atoms with Crippen molar-refractivity contribution in [3.8, 4) is 11.1 Å². The maximum atomic E-state index is 11.5. The standard InChI is InChI=1S/C20H19Cl2N3O2/c21-12-1-2-13(16(22)9-12)11-7-14-15-10-24(20(26)27)5-3-18(15)25-6-4-23-17(8-11)19(14)25/h1-2,7-9,15,18,23H,3-6,10H2,(H,26,27)/t15-,18-/m0/s1. The molecule has 2 aromatic rings. The molecule has 2 atom stereocenters. The summed E-state index contributed by atoms with van der Waals surface area (Å²) in [6, 6.07) is 10.2. The van der Waals surface area contributed by atoms with E-state index in [-0.39, 0.29) is 5.92 Å². The summed E-state index contributed by atoms with van der Waals surface area (Å²) in [5.41, 5.74) is 5.53. The lowest BCUT2D eigenvalue weighted by atomic mass is 9.87. The van der Waals surface area contributed by atoms with E-state index in [0.29, 0.717) is 29.2 Å². The van der Waals surface area contributed by atoms with E-state index in [0.717, 1.165) is 36.3 Å². The average Bonchev–Trinajstić information content (AvgIpc) is 2.97. The lowest BCUT2D eigenvalue weighted by molar-refractivity contribution is 0.127. The van der Waals surface area contributed by atoms with Gasteiger partial charge >= 0.3 is 6.09 Å². The lowest BCUT2D eigenvalue weighted by Crippen LogP contribution is -2.49. The van der Waals surface area contributed by atoms with Crippen LogP contribution >= 0.6 is 23.2 Å². The van der Waals surface area contributed by atoms with Gasteiger partial charge in [-0.25, -0.2) is 4.79 Å². The molecule has 0 saturated carbocycles. The maximum Gasteiger partial charge on any atom is 0.407 e. The summed E-state index contributed by atoms with van der Waals surface area (Å²) in [6.07, 6.45) is 0.0286. The molecule has 1 fully saturated rings. The van der Waals surface area contributed by atoms with Crippen molar-refractivity contribution in [2.75, 3.05) is 36.4 Å². The Morgan fingerprint density at radius 3 is 2.81 bits per heavy atom. The molecule has 3 heterocycles. The van der Waals surface area contributed by atoms with Crippen molar-refractivity contribution in [1.82, 2.24) is 4.90 Å². The Labute approximate surface area is 167 Å². The van der Waals surface area contributed by atoms with Gasteiger partial charge in [-0.3, -0.25) is 0 Å². The molecule has 7 heteroatoms. The fraction of sp³-hybridized carbons (Fsp3) is 0.350. The predicted octanol–water partition coefficient (Wildman–Crippen LogP) is 4.74. The zero-order chi connectivity index (χ0) is 18.7. The number of amides is 1. The van der Waals surface area contributed by atoms with E-state index in [2.05, 4.69) is 22.3 Å². The maximum absolute atomic E-state index is 11.5. The highest BCUT2D eigenvalue weighted by molar-refractivity contribution is 6.36. The predicted molar refractivity (Wildman–Crippen MR) is 108 cm³/mol. The van der Waals surface area contributed by atoms with Gasteiger partial charge in [0.25, 0.3) is 0 Å². The lowest BCUT2D eigenvalue weighted by Gasteiger charge is -2.39. The second-order valence-corrected chi connectivity index (χ2v) is 8.24. The molecule has 140 valence electrons. The number of nitrogens with one attached hydrogen (secondary N) is 1. The van der Waals surface area contributed by atoms with Crippen molar-refractivity contribution in [1.29, 1.82) is 0 Å². The molecule has 0 spiro atoms. The van der Waals surface area contributed by atoms with E-state index in [1.807, 2.05) is 12.1 Å². The molecule has 2 aromatic carbocycles. The van der Waals surface area contributed by atoms with Gasteiger partial charge in [0.15, 0.2) is 0 Å². The van der Waals surface area contributed by atoms with Gasteiger partial charge in [-0.15, -0.1) is 0 Å². The van der Waals surface area contributed by atoms with Gasteiger partial charge in [-0.05, 0) is 41.8 Å². The molecule has 5 nitrogen and oxygen atoms in total. The van der Waals surface area contributed by atoms with Crippen molar-refractivity contribution < 1.29 is 9.90 Å². The van der Waals surface area contributed by atoms with Crippen LogP contribution in [0.3, 0.4) is 0 Å². The fourth-order valence-electron chi connectivity index (χ4n) is 4.82. The van der Waals surface area contributed by atoms with Crippen LogP contribution in [0.5, 0.6) is 0 Å². The first-order chi connectivity index (χ1) is 13.0. The third-order valence-electron chi connectivity index (χ3n) is 5.98. The van der Waals surface area contributed by atoms with Gasteiger partial charge < -0.3 is 20.2 Å². The molecule has 3 aliphatic rings. The van der Waals surface area contributed by atoms with E-state index in [1.54, 1.807) is 11.0 Å². The normalized spacial score (nSPS) is 22.9. The van der Waals surface area contributed by atoms with Gasteiger partial charge in [0, 0.05) is 53.7 Å². The highest BCUT2D eigenvalue weighted by Gasteiger charge is 2.45. The van der Waals surface area contributed by atoms with E-state index in [4.69, 9.17) is 23.2 Å². The van der Waals surface area contributed by atoms with E-state index in [1.165, 1.54) is 11.3 Å². The van der Waals surface area contributed by atoms with Crippen molar-refractivity contribution in [3.05, 3.63) is 45.9 Å². The number of piperidine rings is 1. The van der Waals surface area contributed by atoms with Crippen LogP contribution in [0.2, 0.25) is 10.0 Å². The minimum Gasteiger partial charge on any atom is -0.465 e. The second kappa shape index (κ2) is 6.21. The average molecular weight is 404 g/mol. The number of carbonyl (C=O) groups is 1. The first-order valence-corrected chi connectivity index (χ1v) is 9.90. The zero-order valence-electron chi connectivity index (χ0n) is 14.6. The number of nitrogens with zero attached hydrogens (tertiary/aromatic N) is 2. The molecule has 2 N–H and O–H groups in total. The van der Waals surface area contributed by atoms with Crippen molar-refractivity contribution >= 4 is 40.7 Å². The number of benzene rings is 2. The van der Waals surface area contributed by atoms with Gasteiger partial charge in [-0.2, -0.15) is 0 Å². The molecular weight excluding hydrogens is 385 g/mol. The molecule has 3 aliphatic heterocycles. The van der Waals surface area contributed by atoms with Crippen LogP contribution in [0.4, 0.5) is 16.2 Å². The van der Waals surface area contributed by atoms with Crippen LogP contribution in [-0.4, -0.2) is 48.3 Å². The summed E-state index contributed by atoms with van der Waals surface area (Å²) in [6.45, 7) is 2.98. The first kappa shape index (κ1) is 17.0. The first-order valence-electron chi connectivity index (χ1n) is 9.14. The topological polar surface area (TPSA) is 55.8 Å². The third-order valence-corrected chi connectivity index (χ3v) is 6.53. The van der Waals surface area contributed by atoms with Crippen molar-refractivity contribution in [2.45, 2.75) is 18.4 Å². The SMILES string of the molecule is O=C(O)N1CC[C@H]2[C@@H](C1)c1cc(-c3ccc(Cl)cc3Cl)cc3c1N2CCN3. The van der Waals surface area contributed by atoms with Crippen LogP contribution in [0.25, 0.3) is 11.1 Å². The van der Waals surface area contributed by atoms with Crippen LogP contribution in [0, 0.1) is 0 Å². The Kier molecular flexibility index (Phi) is 3.92. The van der Waals surface area contributed by atoms with E-state index >= 15 is 0 Å². The number of hydrogen-bond acceptors (Lipinski definition) is 3. The van der Waals surface area contributed by atoms with Crippen LogP contribution in [-0.2, 0) is 0 Å². The highest BCUT2D eigenvalue weighted by atomic mass is 35.5. The van der Waals surface area contributed by atoms with E-state index in [9.17, 15) is 9.90 Å². The number of anilines is 2. The molecule has 1 amide bonds. The Balaban J connectivity index is 1.64. The van der Waals surface area contributed by atoms with Crippen molar-refractivity contribution in [3.63, 3.8) is 0 Å². The molecular formula is C20H19Cl2N3O2. The zero-order valence-corrected chi connectivity index (χ0v) is 16.1. The summed E-state index contributed by atoms with van der Waals surface area (Å²) in [4.78, 5) is 15.5. The quantitative estimate of drug-likeness (QED) is 0.721. The molecule has 0 radical (unpaired) electrons. The summed E-state index contributed by atoms with van der Waals surface area (Å²) >= 11 is 12.5. The third kappa shape index (κ3) is 2.64. The second-order valence-electron chi connectivity index (χ2n) is 7.40. The van der Waals surface area contributed by atoms with Crippen LogP contribution in [0.15, 0.2) is 30.3 Å². The van der Waals surface area contributed by atoms with Gasteiger partial charge in [0.05, 0.1) is 11.4 Å². The molecule has 0 aliphatic carbocycles. The minimum atomic E-state index is -0.835. The number of hydrogen-bond donors (Lipinski definition) is 2. The molecule has 0 unspecified atom stereocenters. The van der Waals surface area contributed by atoms with Crippen molar-refractivity contribution in [2.24, 2.45) is 0 Å². The summed E-state index contributed by atoms with van der Waals surface area (Å²) in [5.74, 6) is 0.189. The molecule has 0 aromatic heterocycles. The Bertz CT molecular complexity index is 949. The summed E-state index contributed by atoms with van der Waals surface area (Å²) < 4.78 is 0. The fourth-order valence-corrected chi connectivity index (χ4v) is 5.34. The van der Waals surface area contributed by atoms with Crippen LogP contribution < -0.4 is 10.2 Å². The summed E-state index contributed by atoms with van der Waals surface area (Å²) in [5, 5.41) is 14.2. The van der Waals surface area contributed by atoms with Crippen LogP contribution in [0.1, 0.15) is 17.9 Å². The molecule has 1 saturated heterocycles. The smallest absolute Gasteiger partial charge is 0.407 e. The van der Waals surface area contributed by atoms with Gasteiger partial charge in [0.2, 0.25) is 0 Å². The Morgan fingerprint density at radius 1 is 1.19 bits per heavy atom. The number of halogens is 2. The number of likely N-dealkylation sites (tertiary alicyclic amines) is 1.